The van der Waals surface area contributed by atoms with Crippen LogP contribution in [-0.4, -0.2) is 35.1 Å². The van der Waals surface area contributed by atoms with Gasteiger partial charge in [-0.15, -0.1) is 0 Å². The summed E-state index contributed by atoms with van der Waals surface area (Å²) in [6.07, 6.45) is 0.148. The fraction of sp³-hybridized carbons (Fsp3) is 0.800. The molecule has 0 spiro atoms. The second-order valence-electron chi connectivity index (χ2n) is 4.44. The topological polar surface area (TPSA) is 83.6 Å². The monoisotopic (exact) mass is 214 g/mol. The Labute approximate surface area is 89.2 Å². The van der Waals surface area contributed by atoms with Crippen LogP contribution in [0.3, 0.4) is 0 Å². The van der Waals surface area contributed by atoms with Crippen molar-refractivity contribution in [3.05, 3.63) is 0 Å². The number of primary amides is 1. The summed E-state index contributed by atoms with van der Waals surface area (Å²) in [5.41, 5.74) is 4.90. The third-order valence-electron chi connectivity index (χ3n) is 3.52. The van der Waals surface area contributed by atoms with Crippen LogP contribution in [0.15, 0.2) is 0 Å². The molecule has 1 saturated heterocycles. The van der Waals surface area contributed by atoms with Crippen molar-refractivity contribution in [2.24, 2.45) is 17.1 Å². The Kier molecular flexibility index (Phi) is 3.21. The van der Waals surface area contributed by atoms with Gasteiger partial charge in [-0.3, -0.25) is 4.79 Å². The molecule has 0 radical (unpaired) electrons. The Morgan fingerprint density at radius 3 is 2.07 bits per heavy atom. The minimum Gasteiger partial charge on any atom is -0.465 e. The molecular formula is C10H18N2O3. The van der Waals surface area contributed by atoms with Gasteiger partial charge in [-0.1, -0.05) is 13.8 Å². The van der Waals surface area contributed by atoms with Gasteiger partial charge in [0, 0.05) is 13.1 Å². The Bertz CT molecular complexity index is 268. The average molecular weight is 214 g/mol. The summed E-state index contributed by atoms with van der Waals surface area (Å²) in [7, 11) is 0. The standard InChI is InChI=1S/C10H18N2O3/c1-7(2)10(8(11)13)3-5-12(6-4-10)9(14)15/h7H,3-6H2,1-2H3,(H2,11,13)(H,14,15). The van der Waals surface area contributed by atoms with E-state index in [0.717, 1.165) is 0 Å². The van der Waals surface area contributed by atoms with Gasteiger partial charge in [0.15, 0.2) is 0 Å². The maximum Gasteiger partial charge on any atom is 0.407 e. The van der Waals surface area contributed by atoms with E-state index in [2.05, 4.69) is 0 Å². The third kappa shape index (κ3) is 2.06. The average Bonchev–Trinajstić information content (AvgIpc) is 2.17. The van der Waals surface area contributed by atoms with Gasteiger partial charge in [0.05, 0.1) is 5.41 Å². The van der Waals surface area contributed by atoms with Gasteiger partial charge >= 0.3 is 6.09 Å². The van der Waals surface area contributed by atoms with Gasteiger partial charge in [0.25, 0.3) is 0 Å². The lowest BCUT2D eigenvalue weighted by molar-refractivity contribution is -0.133. The van der Waals surface area contributed by atoms with Crippen LogP contribution >= 0.6 is 0 Å². The van der Waals surface area contributed by atoms with E-state index in [1.807, 2.05) is 13.8 Å². The van der Waals surface area contributed by atoms with Crippen LogP contribution in [0.2, 0.25) is 0 Å². The van der Waals surface area contributed by atoms with Gasteiger partial charge in [0.2, 0.25) is 5.91 Å². The van der Waals surface area contributed by atoms with E-state index < -0.39 is 11.5 Å². The molecule has 0 saturated carbocycles. The van der Waals surface area contributed by atoms with Crippen LogP contribution in [0.25, 0.3) is 0 Å². The Hall–Kier alpha value is -1.26. The van der Waals surface area contributed by atoms with Crippen LogP contribution in [-0.2, 0) is 4.79 Å². The number of carbonyl (C=O) groups excluding carboxylic acids is 1. The van der Waals surface area contributed by atoms with Gasteiger partial charge in [0.1, 0.15) is 0 Å². The SMILES string of the molecule is CC(C)C1(C(N)=O)CCN(C(=O)O)CC1. The van der Waals surface area contributed by atoms with Crippen molar-refractivity contribution in [2.45, 2.75) is 26.7 Å². The van der Waals surface area contributed by atoms with E-state index >= 15 is 0 Å². The maximum absolute atomic E-state index is 11.5. The van der Waals surface area contributed by atoms with Crippen molar-refractivity contribution >= 4 is 12.0 Å². The highest BCUT2D eigenvalue weighted by Gasteiger charge is 2.43. The number of hydrogen-bond donors (Lipinski definition) is 2. The summed E-state index contributed by atoms with van der Waals surface area (Å²) in [5.74, 6) is -0.145. The zero-order chi connectivity index (χ0) is 11.6. The van der Waals surface area contributed by atoms with Crippen LogP contribution in [0.4, 0.5) is 4.79 Å². The van der Waals surface area contributed by atoms with Gasteiger partial charge in [-0.25, -0.2) is 4.79 Å². The zero-order valence-electron chi connectivity index (χ0n) is 9.19. The summed E-state index contributed by atoms with van der Waals surface area (Å²) in [5, 5.41) is 8.80. The van der Waals surface area contributed by atoms with Crippen molar-refractivity contribution in [1.82, 2.24) is 4.90 Å². The van der Waals surface area contributed by atoms with Crippen molar-refractivity contribution < 1.29 is 14.7 Å². The molecule has 1 aliphatic heterocycles. The fourth-order valence-electron chi connectivity index (χ4n) is 2.21. The van der Waals surface area contributed by atoms with Crippen molar-refractivity contribution in [3.8, 4) is 0 Å². The number of likely N-dealkylation sites (tertiary alicyclic amines) is 1. The molecule has 0 aromatic heterocycles. The molecule has 86 valence electrons. The molecule has 5 nitrogen and oxygen atoms in total. The lowest BCUT2D eigenvalue weighted by Crippen LogP contribution is -2.51. The molecule has 2 amide bonds. The molecule has 1 fully saturated rings. The molecule has 0 aliphatic carbocycles. The normalized spacial score (nSPS) is 20.3. The van der Waals surface area contributed by atoms with Crippen LogP contribution in [0.1, 0.15) is 26.7 Å². The minimum atomic E-state index is -0.920. The summed E-state index contributed by atoms with van der Waals surface area (Å²) < 4.78 is 0. The summed E-state index contributed by atoms with van der Waals surface area (Å²) >= 11 is 0. The molecule has 15 heavy (non-hydrogen) atoms. The highest BCUT2D eigenvalue weighted by atomic mass is 16.4. The maximum atomic E-state index is 11.5. The van der Waals surface area contributed by atoms with Gasteiger partial charge < -0.3 is 15.7 Å². The number of nitrogens with two attached hydrogens (primary N) is 1. The smallest absolute Gasteiger partial charge is 0.407 e. The van der Waals surface area contributed by atoms with Crippen LogP contribution in [0, 0.1) is 11.3 Å². The third-order valence-corrected chi connectivity index (χ3v) is 3.52. The van der Waals surface area contributed by atoms with Gasteiger partial charge in [-0.2, -0.15) is 0 Å². The lowest BCUT2D eigenvalue weighted by Gasteiger charge is -2.41. The van der Waals surface area contributed by atoms with E-state index in [-0.39, 0.29) is 11.8 Å². The fourth-order valence-corrected chi connectivity index (χ4v) is 2.21. The van der Waals surface area contributed by atoms with Crippen LogP contribution in [0.5, 0.6) is 0 Å². The molecule has 0 bridgehead atoms. The Morgan fingerprint density at radius 1 is 1.33 bits per heavy atom. The van der Waals surface area contributed by atoms with Crippen molar-refractivity contribution in [3.63, 3.8) is 0 Å². The predicted molar refractivity (Wildman–Crippen MR) is 55.3 cm³/mol. The number of rotatable bonds is 2. The first kappa shape index (κ1) is 11.8. The Balaban J connectivity index is 2.74. The predicted octanol–water partition coefficient (Wildman–Crippen LogP) is 0.888. The molecule has 1 aliphatic rings. The number of carbonyl (C=O) groups is 2. The molecule has 3 N–H and O–H groups in total. The molecule has 0 aromatic rings. The number of carboxylic acid groups (broad SMARTS) is 1. The zero-order valence-corrected chi connectivity index (χ0v) is 9.19. The summed E-state index contributed by atoms with van der Waals surface area (Å²) in [6, 6.07) is 0. The first-order valence-electron chi connectivity index (χ1n) is 5.18. The van der Waals surface area contributed by atoms with Crippen molar-refractivity contribution in [2.75, 3.05) is 13.1 Å². The lowest BCUT2D eigenvalue weighted by atomic mass is 9.69. The number of amides is 2. The largest absolute Gasteiger partial charge is 0.465 e. The summed E-state index contributed by atoms with van der Waals surface area (Å²) in [6.45, 7) is 4.72. The molecule has 1 rings (SSSR count). The second kappa shape index (κ2) is 4.08. The van der Waals surface area contributed by atoms with E-state index in [0.29, 0.717) is 25.9 Å². The van der Waals surface area contributed by atoms with Gasteiger partial charge in [-0.05, 0) is 18.8 Å². The second-order valence-corrected chi connectivity index (χ2v) is 4.44. The highest BCUT2D eigenvalue weighted by Crippen LogP contribution is 2.38. The Morgan fingerprint density at radius 2 is 1.80 bits per heavy atom. The molecular weight excluding hydrogens is 196 g/mol. The quantitative estimate of drug-likeness (QED) is 0.716. The number of nitrogens with zero attached hydrogens (tertiary/aromatic N) is 1. The molecule has 0 aromatic carbocycles. The molecule has 5 heteroatoms. The number of piperidine rings is 1. The highest BCUT2D eigenvalue weighted by molar-refractivity contribution is 5.81. The van der Waals surface area contributed by atoms with Crippen LogP contribution < -0.4 is 5.73 Å². The number of hydrogen-bond acceptors (Lipinski definition) is 2. The van der Waals surface area contributed by atoms with E-state index in [1.54, 1.807) is 0 Å². The molecule has 1 heterocycles. The summed E-state index contributed by atoms with van der Waals surface area (Å²) in [4.78, 5) is 23.5. The first-order valence-corrected chi connectivity index (χ1v) is 5.18. The van der Waals surface area contributed by atoms with E-state index in [4.69, 9.17) is 10.8 Å². The van der Waals surface area contributed by atoms with E-state index in [9.17, 15) is 9.59 Å². The molecule has 0 atom stereocenters. The first-order chi connectivity index (χ1) is 6.90. The minimum absolute atomic E-state index is 0.158. The van der Waals surface area contributed by atoms with E-state index in [1.165, 1.54) is 4.90 Å². The van der Waals surface area contributed by atoms with Crippen molar-refractivity contribution in [1.29, 1.82) is 0 Å². The molecule has 0 unspecified atom stereocenters.